The van der Waals surface area contributed by atoms with Crippen molar-refractivity contribution in [3.63, 3.8) is 0 Å². The fourth-order valence-corrected chi connectivity index (χ4v) is 3.16. The Morgan fingerprint density at radius 1 is 1.25 bits per heavy atom. The van der Waals surface area contributed by atoms with E-state index in [1.807, 2.05) is 38.3 Å². The number of alkyl carbamates (subject to hydrolysis) is 2. The second-order valence-electron chi connectivity index (χ2n) is 7.61. The molecule has 0 aliphatic carbocycles. The molecule has 0 aliphatic rings. The van der Waals surface area contributed by atoms with E-state index in [2.05, 4.69) is 17.6 Å². The number of carbonyl (C=O) groups excluding carboxylic acids is 2. The zero-order valence-corrected chi connectivity index (χ0v) is 18.4. The highest BCUT2D eigenvalue weighted by atomic mass is 32.1. The van der Waals surface area contributed by atoms with E-state index in [1.165, 1.54) is 0 Å². The molecular weight excluding hydrogens is 380 g/mol. The molecule has 1 unspecified atom stereocenters. The van der Waals surface area contributed by atoms with Crippen molar-refractivity contribution in [2.75, 3.05) is 13.7 Å². The molecule has 0 radical (unpaired) electrons. The topological polar surface area (TPSA) is 85.9 Å². The molecule has 0 bridgehead atoms. The summed E-state index contributed by atoms with van der Waals surface area (Å²) < 4.78 is 16.1. The van der Waals surface area contributed by atoms with Crippen LogP contribution in [0.2, 0.25) is 0 Å². The smallest absolute Gasteiger partial charge is 0.407 e. The molecule has 1 rings (SSSR count). The van der Waals surface area contributed by atoms with Crippen molar-refractivity contribution < 1.29 is 23.8 Å². The van der Waals surface area contributed by atoms with Crippen LogP contribution in [0.5, 0.6) is 0 Å². The highest BCUT2D eigenvalue weighted by molar-refractivity contribution is 7.09. The van der Waals surface area contributed by atoms with Gasteiger partial charge in [-0.15, -0.1) is 11.3 Å². The SMILES string of the molecule is CCCC[C@@H](CC(COC(=O)NCc1cccs1)OC)NC(=O)OC(C)(C)C. The summed E-state index contributed by atoms with van der Waals surface area (Å²) in [6.45, 7) is 8.13. The van der Waals surface area contributed by atoms with E-state index in [0.29, 0.717) is 13.0 Å². The summed E-state index contributed by atoms with van der Waals surface area (Å²) in [5, 5.41) is 7.58. The van der Waals surface area contributed by atoms with Crippen LogP contribution in [-0.4, -0.2) is 43.7 Å². The van der Waals surface area contributed by atoms with E-state index in [4.69, 9.17) is 14.2 Å². The Labute approximate surface area is 172 Å². The Kier molecular flexibility index (Phi) is 10.9. The number of hydrogen-bond donors (Lipinski definition) is 2. The Bertz CT molecular complexity index is 572. The predicted octanol–water partition coefficient (Wildman–Crippen LogP) is 4.46. The number of thiophene rings is 1. The van der Waals surface area contributed by atoms with Crippen molar-refractivity contribution in [3.05, 3.63) is 22.4 Å². The summed E-state index contributed by atoms with van der Waals surface area (Å²) in [6.07, 6.45) is 2.09. The van der Waals surface area contributed by atoms with Crippen LogP contribution in [0.4, 0.5) is 9.59 Å². The molecule has 2 amide bonds. The van der Waals surface area contributed by atoms with Crippen molar-refractivity contribution >= 4 is 23.5 Å². The second-order valence-corrected chi connectivity index (χ2v) is 8.64. The molecule has 28 heavy (non-hydrogen) atoms. The average Bonchev–Trinajstić information content (AvgIpc) is 3.13. The Morgan fingerprint density at radius 3 is 2.57 bits per heavy atom. The van der Waals surface area contributed by atoms with Crippen molar-refractivity contribution in [2.24, 2.45) is 0 Å². The molecule has 0 fully saturated rings. The van der Waals surface area contributed by atoms with Gasteiger partial charge in [0.25, 0.3) is 0 Å². The first-order valence-corrected chi connectivity index (χ1v) is 10.6. The first kappa shape index (κ1) is 24.2. The molecular formula is C20H34N2O5S. The van der Waals surface area contributed by atoms with Crippen LogP contribution in [0.15, 0.2) is 17.5 Å². The molecule has 0 saturated carbocycles. The normalized spacial score (nSPS) is 13.5. The summed E-state index contributed by atoms with van der Waals surface area (Å²) in [5.41, 5.74) is -0.552. The fraction of sp³-hybridized carbons (Fsp3) is 0.700. The van der Waals surface area contributed by atoms with Gasteiger partial charge in [-0.3, -0.25) is 0 Å². The molecule has 2 atom stereocenters. The number of rotatable bonds is 11. The summed E-state index contributed by atoms with van der Waals surface area (Å²) >= 11 is 1.57. The maximum atomic E-state index is 12.1. The Hall–Kier alpha value is -1.80. The van der Waals surface area contributed by atoms with Crippen molar-refractivity contribution in [2.45, 2.75) is 77.7 Å². The van der Waals surface area contributed by atoms with E-state index < -0.39 is 17.8 Å². The van der Waals surface area contributed by atoms with E-state index in [0.717, 1.165) is 24.1 Å². The van der Waals surface area contributed by atoms with Crippen molar-refractivity contribution in [1.29, 1.82) is 0 Å². The highest BCUT2D eigenvalue weighted by Crippen LogP contribution is 2.13. The van der Waals surface area contributed by atoms with Crippen molar-refractivity contribution in [3.8, 4) is 0 Å². The number of carbonyl (C=O) groups is 2. The maximum absolute atomic E-state index is 12.1. The lowest BCUT2D eigenvalue weighted by atomic mass is 10.0. The lowest BCUT2D eigenvalue weighted by Crippen LogP contribution is -2.42. The minimum atomic E-state index is -0.552. The van der Waals surface area contributed by atoms with E-state index in [9.17, 15) is 9.59 Å². The van der Waals surface area contributed by atoms with Gasteiger partial charge in [-0.25, -0.2) is 9.59 Å². The molecule has 0 aliphatic heterocycles. The third-order valence-electron chi connectivity index (χ3n) is 3.90. The fourth-order valence-electron chi connectivity index (χ4n) is 2.52. The van der Waals surface area contributed by atoms with Gasteiger partial charge < -0.3 is 24.8 Å². The zero-order valence-electron chi connectivity index (χ0n) is 17.6. The van der Waals surface area contributed by atoms with Crippen LogP contribution in [0.25, 0.3) is 0 Å². The monoisotopic (exact) mass is 414 g/mol. The highest BCUT2D eigenvalue weighted by Gasteiger charge is 2.22. The van der Waals surface area contributed by atoms with Gasteiger partial charge in [0.05, 0.1) is 12.6 Å². The molecule has 0 aromatic carbocycles. The van der Waals surface area contributed by atoms with Gasteiger partial charge in [-0.2, -0.15) is 0 Å². The molecule has 8 heteroatoms. The van der Waals surface area contributed by atoms with Gasteiger partial charge in [-0.1, -0.05) is 25.8 Å². The summed E-state index contributed by atoms with van der Waals surface area (Å²) in [5.74, 6) is 0. The molecule has 0 saturated heterocycles. The number of unbranched alkanes of at least 4 members (excludes halogenated alkanes) is 1. The number of amides is 2. The minimum Gasteiger partial charge on any atom is -0.447 e. The van der Waals surface area contributed by atoms with Gasteiger partial charge in [0.1, 0.15) is 12.2 Å². The van der Waals surface area contributed by atoms with E-state index in [-0.39, 0.29) is 18.8 Å². The molecule has 1 heterocycles. The van der Waals surface area contributed by atoms with Crippen LogP contribution in [0.3, 0.4) is 0 Å². The first-order valence-electron chi connectivity index (χ1n) is 9.68. The van der Waals surface area contributed by atoms with Crippen LogP contribution in [0.1, 0.15) is 58.3 Å². The molecule has 2 N–H and O–H groups in total. The van der Waals surface area contributed by atoms with E-state index >= 15 is 0 Å². The van der Waals surface area contributed by atoms with Crippen molar-refractivity contribution in [1.82, 2.24) is 10.6 Å². The predicted molar refractivity (Wildman–Crippen MR) is 111 cm³/mol. The first-order chi connectivity index (χ1) is 13.2. The van der Waals surface area contributed by atoms with Gasteiger partial charge in [0.15, 0.2) is 0 Å². The third-order valence-corrected chi connectivity index (χ3v) is 4.77. The molecule has 0 spiro atoms. The minimum absolute atomic E-state index is 0.113. The number of methoxy groups -OCH3 is 1. The number of nitrogens with one attached hydrogen (secondary N) is 2. The zero-order chi connectivity index (χ0) is 21.0. The summed E-state index contributed by atoms with van der Waals surface area (Å²) in [7, 11) is 1.57. The van der Waals surface area contributed by atoms with Crippen LogP contribution in [0, 0.1) is 0 Å². The second kappa shape index (κ2) is 12.6. The molecule has 1 aromatic heterocycles. The maximum Gasteiger partial charge on any atom is 0.407 e. The Balaban J connectivity index is 2.46. The quantitative estimate of drug-likeness (QED) is 0.558. The standard InChI is InChI=1S/C20H34N2O5S/c1-6-7-9-15(22-19(24)27-20(2,3)4)12-16(25-5)14-26-18(23)21-13-17-10-8-11-28-17/h8,10-11,15-16H,6-7,9,12-14H2,1-5H3,(H,21,23)(H,22,24)/t15-,16?/m0/s1. The van der Waals surface area contributed by atoms with Gasteiger partial charge in [0, 0.05) is 18.0 Å². The Morgan fingerprint density at radius 2 is 2.00 bits per heavy atom. The van der Waals surface area contributed by atoms with E-state index in [1.54, 1.807) is 18.4 Å². The van der Waals surface area contributed by atoms with Crippen LogP contribution >= 0.6 is 11.3 Å². The molecule has 1 aromatic rings. The summed E-state index contributed by atoms with van der Waals surface area (Å²) in [6, 6.07) is 3.77. The average molecular weight is 415 g/mol. The van der Waals surface area contributed by atoms with Gasteiger partial charge in [-0.05, 0) is 45.1 Å². The number of hydrogen-bond acceptors (Lipinski definition) is 6. The number of ether oxygens (including phenoxy) is 3. The largest absolute Gasteiger partial charge is 0.447 e. The third kappa shape index (κ3) is 11.1. The van der Waals surface area contributed by atoms with Crippen LogP contribution < -0.4 is 10.6 Å². The van der Waals surface area contributed by atoms with Gasteiger partial charge in [0.2, 0.25) is 0 Å². The lowest BCUT2D eigenvalue weighted by molar-refractivity contribution is 0.0195. The molecule has 160 valence electrons. The lowest BCUT2D eigenvalue weighted by Gasteiger charge is -2.26. The molecule has 7 nitrogen and oxygen atoms in total. The summed E-state index contributed by atoms with van der Waals surface area (Å²) in [4.78, 5) is 25.0. The van der Waals surface area contributed by atoms with Crippen LogP contribution in [-0.2, 0) is 20.8 Å². The van der Waals surface area contributed by atoms with Gasteiger partial charge >= 0.3 is 12.2 Å².